The molecule has 1 aromatic heterocycles. The van der Waals surface area contributed by atoms with Crippen LogP contribution in [0.5, 0.6) is 5.75 Å². The highest BCUT2D eigenvalue weighted by atomic mass is 16.5. The molecule has 3 aromatic rings. The van der Waals surface area contributed by atoms with Gasteiger partial charge < -0.3 is 19.5 Å². The Labute approximate surface area is 199 Å². The number of benzene rings is 2. The number of rotatable bonds is 7. The van der Waals surface area contributed by atoms with Gasteiger partial charge in [-0.1, -0.05) is 35.5 Å². The molecule has 0 saturated carbocycles. The van der Waals surface area contributed by atoms with Crippen LogP contribution in [0.15, 0.2) is 53.4 Å². The molecule has 0 radical (unpaired) electrons. The predicted molar refractivity (Wildman–Crippen MR) is 128 cm³/mol. The fourth-order valence-corrected chi connectivity index (χ4v) is 5.27. The first-order valence-electron chi connectivity index (χ1n) is 11.9. The van der Waals surface area contributed by atoms with E-state index in [9.17, 15) is 4.79 Å². The summed E-state index contributed by atoms with van der Waals surface area (Å²) in [5, 5.41) is 7.85. The Morgan fingerprint density at radius 3 is 2.82 bits per heavy atom. The molecule has 1 fully saturated rings. The van der Waals surface area contributed by atoms with E-state index in [1.165, 1.54) is 12.0 Å². The molecule has 2 atom stereocenters. The molecule has 5 rings (SSSR count). The van der Waals surface area contributed by atoms with Crippen LogP contribution in [0.4, 0.5) is 5.69 Å². The largest absolute Gasteiger partial charge is 0.496 e. The summed E-state index contributed by atoms with van der Waals surface area (Å²) in [4.78, 5) is 20.7. The standard InChI is InChI=1S/C26H31N5O3/c1-30-22-13-20(23(33-2)14-19(22)10-11-25(30)32)15-27-21-9-6-12-31(16-24-28-17-34-29-24)26(21)18-7-4-3-5-8-18/h3-5,7-8,13-14,17,21,26-27H,6,9-12,15-16H2,1-2H3. The van der Waals surface area contributed by atoms with E-state index < -0.39 is 0 Å². The van der Waals surface area contributed by atoms with Gasteiger partial charge in [0.2, 0.25) is 12.3 Å². The van der Waals surface area contributed by atoms with E-state index in [1.54, 1.807) is 12.0 Å². The lowest BCUT2D eigenvalue weighted by Gasteiger charge is -2.41. The first-order valence-corrected chi connectivity index (χ1v) is 11.9. The number of ether oxygens (including phenoxy) is 1. The highest BCUT2D eigenvalue weighted by molar-refractivity contribution is 5.96. The Morgan fingerprint density at radius 2 is 2.06 bits per heavy atom. The van der Waals surface area contributed by atoms with Gasteiger partial charge in [-0.25, -0.2) is 0 Å². The van der Waals surface area contributed by atoms with E-state index in [4.69, 9.17) is 9.26 Å². The Morgan fingerprint density at radius 1 is 1.21 bits per heavy atom. The summed E-state index contributed by atoms with van der Waals surface area (Å²) in [6.45, 7) is 2.27. The second-order valence-electron chi connectivity index (χ2n) is 9.05. The van der Waals surface area contributed by atoms with Gasteiger partial charge in [-0.15, -0.1) is 0 Å². The van der Waals surface area contributed by atoms with Gasteiger partial charge in [0.05, 0.1) is 19.7 Å². The van der Waals surface area contributed by atoms with Crippen molar-refractivity contribution in [1.29, 1.82) is 0 Å². The van der Waals surface area contributed by atoms with E-state index >= 15 is 0 Å². The lowest BCUT2D eigenvalue weighted by atomic mass is 9.90. The Balaban J connectivity index is 1.40. The van der Waals surface area contributed by atoms with Crippen molar-refractivity contribution in [2.45, 2.75) is 50.9 Å². The zero-order chi connectivity index (χ0) is 23.5. The number of amides is 1. The third-order valence-electron chi connectivity index (χ3n) is 7.01. The topological polar surface area (TPSA) is 83.7 Å². The molecule has 3 heterocycles. The molecule has 0 aliphatic carbocycles. The number of aryl methyl sites for hydroxylation is 1. The van der Waals surface area contributed by atoms with Gasteiger partial charge in [-0.05, 0) is 49.1 Å². The zero-order valence-electron chi connectivity index (χ0n) is 19.7. The molecule has 1 N–H and O–H groups in total. The maximum Gasteiger partial charge on any atom is 0.227 e. The number of carbonyl (C=O) groups excluding carboxylic acids is 1. The average Bonchev–Trinajstić information content (AvgIpc) is 3.38. The van der Waals surface area contributed by atoms with Crippen molar-refractivity contribution in [3.05, 3.63) is 71.4 Å². The van der Waals surface area contributed by atoms with Crippen LogP contribution < -0.4 is 15.0 Å². The van der Waals surface area contributed by atoms with E-state index in [0.29, 0.717) is 25.3 Å². The summed E-state index contributed by atoms with van der Waals surface area (Å²) in [5.74, 6) is 1.72. The molecule has 2 unspecified atom stereocenters. The molecule has 178 valence electrons. The van der Waals surface area contributed by atoms with Crippen LogP contribution in [0.3, 0.4) is 0 Å². The first kappa shape index (κ1) is 22.6. The molecule has 1 amide bonds. The number of piperidine rings is 1. The number of nitrogens with zero attached hydrogens (tertiary/aromatic N) is 4. The van der Waals surface area contributed by atoms with Crippen LogP contribution in [-0.2, 0) is 24.3 Å². The van der Waals surface area contributed by atoms with Gasteiger partial charge in [-0.2, -0.15) is 4.98 Å². The Hall–Kier alpha value is -3.23. The number of likely N-dealkylation sites (tertiary alicyclic amines) is 1. The number of nitrogens with one attached hydrogen (secondary N) is 1. The van der Waals surface area contributed by atoms with Crippen molar-refractivity contribution in [2.75, 3.05) is 25.6 Å². The summed E-state index contributed by atoms with van der Waals surface area (Å²) in [6, 6.07) is 15.2. The van der Waals surface area contributed by atoms with Crippen molar-refractivity contribution in [1.82, 2.24) is 20.4 Å². The van der Waals surface area contributed by atoms with Gasteiger partial charge in [0.1, 0.15) is 5.75 Å². The van der Waals surface area contributed by atoms with Crippen LogP contribution in [0, 0.1) is 0 Å². The highest BCUT2D eigenvalue weighted by Gasteiger charge is 2.33. The maximum absolute atomic E-state index is 12.3. The minimum atomic E-state index is 0.158. The summed E-state index contributed by atoms with van der Waals surface area (Å²) in [6.07, 6.45) is 4.83. The van der Waals surface area contributed by atoms with Crippen molar-refractivity contribution in [2.24, 2.45) is 0 Å². The third-order valence-corrected chi connectivity index (χ3v) is 7.01. The molecule has 2 aliphatic heterocycles. The minimum Gasteiger partial charge on any atom is -0.496 e. The number of hydrogen-bond donors (Lipinski definition) is 1. The smallest absolute Gasteiger partial charge is 0.227 e. The van der Waals surface area contributed by atoms with Crippen LogP contribution in [0.2, 0.25) is 0 Å². The molecular weight excluding hydrogens is 430 g/mol. The third kappa shape index (κ3) is 4.56. The molecule has 2 aliphatic rings. The SMILES string of the molecule is COc1cc2c(cc1CNC1CCCN(Cc3ncon3)C1c1ccccc1)N(C)C(=O)CC2. The van der Waals surface area contributed by atoms with E-state index in [1.807, 2.05) is 13.1 Å². The van der Waals surface area contributed by atoms with Crippen LogP contribution >= 0.6 is 0 Å². The molecule has 1 saturated heterocycles. The van der Waals surface area contributed by atoms with Gasteiger partial charge in [-0.3, -0.25) is 9.69 Å². The van der Waals surface area contributed by atoms with Gasteiger partial charge in [0, 0.05) is 37.3 Å². The fraction of sp³-hybridized carbons (Fsp3) is 0.423. The Bertz CT molecular complexity index is 1120. The molecular formula is C26H31N5O3. The monoisotopic (exact) mass is 461 g/mol. The normalized spacial score (nSPS) is 20.9. The number of anilines is 1. The quantitative estimate of drug-likeness (QED) is 0.577. The second-order valence-corrected chi connectivity index (χ2v) is 9.05. The van der Waals surface area contributed by atoms with E-state index in [-0.39, 0.29) is 18.0 Å². The van der Waals surface area contributed by atoms with Crippen LogP contribution in [-0.4, -0.2) is 47.7 Å². The lowest BCUT2D eigenvalue weighted by Crippen LogP contribution is -2.47. The lowest BCUT2D eigenvalue weighted by molar-refractivity contribution is -0.118. The summed E-state index contributed by atoms with van der Waals surface area (Å²) < 4.78 is 10.7. The van der Waals surface area contributed by atoms with Crippen molar-refractivity contribution in [3.63, 3.8) is 0 Å². The number of aromatic nitrogens is 2. The number of methoxy groups -OCH3 is 1. The second kappa shape index (κ2) is 9.95. The van der Waals surface area contributed by atoms with E-state index in [2.05, 4.69) is 56.8 Å². The summed E-state index contributed by atoms with van der Waals surface area (Å²) in [5.41, 5.74) is 4.47. The van der Waals surface area contributed by atoms with E-state index in [0.717, 1.165) is 48.4 Å². The number of fused-ring (bicyclic) bond motifs is 1. The first-order chi connectivity index (χ1) is 16.6. The highest BCUT2D eigenvalue weighted by Crippen LogP contribution is 2.35. The molecule has 34 heavy (non-hydrogen) atoms. The van der Waals surface area contributed by atoms with Crippen LogP contribution in [0.1, 0.15) is 47.8 Å². The predicted octanol–water partition coefficient (Wildman–Crippen LogP) is 3.48. The van der Waals surface area contributed by atoms with Crippen molar-refractivity contribution >= 4 is 11.6 Å². The van der Waals surface area contributed by atoms with Crippen molar-refractivity contribution < 1.29 is 14.1 Å². The minimum absolute atomic E-state index is 0.158. The fourth-order valence-electron chi connectivity index (χ4n) is 5.27. The number of hydrogen-bond acceptors (Lipinski definition) is 7. The molecule has 8 nitrogen and oxygen atoms in total. The molecule has 8 heteroatoms. The van der Waals surface area contributed by atoms with Gasteiger partial charge >= 0.3 is 0 Å². The average molecular weight is 462 g/mol. The summed E-state index contributed by atoms with van der Waals surface area (Å²) in [7, 11) is 3.56. The van der Waals surface area contributed by atoms with Crippen molar-refractivity contribution in [3.8, 4) is 5.75 Å². The molecule has 0 spiro atoms. The zero-order valence-corrected chi connectivity index (χ0v) is 19.7. The summed E-state index contributed by atoms with van der Waals surface area (Å²) >= 11 is 0. The van der Waals surface area contributed by atoms with Gasteiger partial charge in [0.15, 0.2) is 5.82 Å². The molecule has 0 bridgehead atoms. The Kier molecular flexibility index (Phi) is 6.60. The van der Waals surface area contributed by atoms with Gasteiger partial charge in [0.25, 0.3) is 0 Å². The number of carbonyl (C=O) groups is 1. The maximum atomic E-state index is 12.3. The van der Waals surface area contributed by atoms with Crippen LogP contribution in [0.25, 0.3) is 0 Å². The molecule has 2 aromatic carbocycles.